The summed E-state index contributed by atoms with van der Waals surface area (Å²) in [4.78, 5) is 18.4. The Kier molecular flexibility index (Phi) is 7.26. The summed E-state index contributed by atoms with van der Waals surface area (Å²) in [5, 5.41) is 2.90. The molecule has 0 radical (unpaired) electrons. The zero-order valence-corrected chi connectivity index (χ0v) is 19.0. The van der Waals surface area contributed by atoms with E-state index in [1.165, 1.54) is 5.57 Å². The monoisotopic (exact) mass is 455 g/mol. The van der Waals surface area contributed by atoms with Crippen molar-refractivity contribution < 1.29 is 18.3 Å². The van der Waals surface area contributed by atoms with E-state index >= 15 is 0 Å². The van der Waals surface area contributed by atoms with Crippen LogP contribution in [-0.4, -0.2) is 41.5 Å². The molecule has 2 aliphatic rings. The third kappa shape index (κ3) is 6.53. The van der Waals surface area contributed by atoms with Gasteiger partial charge in [0.25, 0.3) is 0 Å². The summed E-state index contributed by atoms with van der Waals surface area (Å²) in [6, 6.07) is 11.4. The summed E-state index contributed by atoms with van der Waals surface area (Å²) in [6.45, 7) is 3.92. The number of carbonyl (C=O) groups is 1. The molecule has 0 bridgehead atoms. The summed E-state index contributed by atoms with van der Waals surface area (Å²) in [7, 11) is 0. The average molecular weight is 456 g/mol. The van der Waals surface area contributed by atoms with Gasteiger partial charge in [0.15, 0.2) is 0 Å². The van der Waals surface area contributed by atoms with E-state index in [2.05, 4.69) is 23.3 Å². The molecule has 2 aromatic rings. The fraction of sp³-hybridized carbons (Fsp3) is 0.462. The van der Waals surface area contributed by atoms with Gasteiger partial charge in [0.1, 0.15) is 5.75 Å². The average Bonchev–Trinajstić information content (AvgIpc) is 2.80. The number of alkyl halides is 2. The molecule has 1 aliphatic heterocycles. The smallest absolute Gasteiger partial charge is 0.321 e. The van der Waals surface area contributed by atoms with Gasteiger partial charge in [0.2, 0.25) is 5.92 Å². The number of urea groups is 1. The van der Waals surface area contributed by atoms with Crippen LogP contribution in [0.2, 0.25) is 0 Å². The number of halogens is 2. The van der Waals surface area contributed by atoms with Crippen LogP contribution in [0.5, 0.6) is 5.75 Å². The number of nitrogens with zero attached hydrogens (tertiary/aromatic N) is 2. The van der Waals surface area contributed by atoms with Crippen LogP contribution in [-0.2, 0) is 0 Å². The van der Waals surface area contributed by atoms with Gasteiger partial charge in [0.05, 0.1) is 18.5 Å². The number of piperidine rings is 1. The number of hydrogen-bond acceptors (Lipinski definition) is 3. The molecule has 1 aromatic carbocycles. The Morgan fingerprint density at radius 3 is 2.82 bits per heavy atom. The number of anilines is 1. The topological polar surface area (TPSA) is 54.5 Å². The Morgan fingerprint density at radius 1 is 1.27 bits per heavy atom. The van der Waals surface area contributed by atoms with E-state index in [1.807, 2.05) is 35.2 Å². The number of aromatic nitrogens is 1. The van der Waals surface area contributed by atoms with Crippen LogP contribution in [0, 0.1) is 11.8 Å². The molecule has 4 rings (SSSR count). The number of nitrogens with one attached hydrogen (secondary N) is 1. The highest BCUT2D eigenvalue weighted by Crippen LogP contribution is 2.36. The Bertz CT molecular complexity index is 971. The molecule has 1 N–H and O–H groups in total. The number of benzene rings is 1. The van der Waals surface area contributed by atoms with Gasteiger partial charge < -0.3 is 15.0 Å². The first-order chi connectivity index (χ1) is 15.9. The van der Waals surface area contributed by atoms with Crippen molar-refractivity contribution in [2.24, 2.45) is 11.8 Å². The molecular formula is C26H31F2N3O2. The molecule has 1 aromatic heterocycles. The van der Waals surface area contributed by atoms with Crippen LogP contribution in [0.4, 0.5) is 19.3 Å². The van der Waals surface area contributed by atoms with Crippen LogP contribution < -0.4 is 10.1 Å². The van der Waals surface area contributed by atoms with Crippen molar-refractivity contribution in [1.82, 2.24) is 9.88 Å². The second-order valence-electron chi connectivity index (χ2n) is 9.17. The number of pyridine rings is 1. The second kappa shape index (κ2) is 10.3. The zero-order chi connectivity index (χ0) is 23.3. The number of rotatable bonds is 5. The maximum atomic E-state index is 13.3. The van der Waals surface area contributed by atoms with E-state index in [-0.39, 0.29) is 30.7 Å². The Balaban J connectivity index is 1.30. The summed E-state index contributed by atoms with van der Waals surface area (Å²) in [5.74, 6) is -1.31. The normalized spacial score (nSPS) is 22.2. The molecule has 1 saturated heterocycles. The van der Waals surface area contributed by atoms with Crippen molar-refractivity contribution in [3.8, 4) is 5.75 Å². The molecule has 1 saturated carbocycles. The highest BCUT2D eigenvalue weighted by atomic mass is 19.3. The number of ether oxygens (including phenoxy) is 1. The molecule has 0 spiro atoms. The summed E-state index contributed by atoms with van der Waals surface area (Å²) >= 11 is 0. The predicted molar refractivity (Wildman–Crippen MR) is 125 cm³/mol. The Labute approximate surface area is 193 Å². The van der Waals surface area contributed by atoms with Crippen LogP contribution in [0.1, 0.15) is 44.6 Å². The SMILES string of the molecule is CC1CN(C(=O)Nc2cccnc2)CCC1=Cc1cccc(OCC2CCC(F)(F)CC2)c1. The van der Waals surface area contributed by atoms with E-state index < -0.39 is 5.92 Å². The van der Waals surface area contributed by atoms with Crippen molar-refractivity contribution >= 4 is 17.8 Å². The largest absolute Gasteiger partial charge is 0.493 e. The minimum Gasteiger partial charge on any atom is -0.493 e. The summed E-state index contributed by atoms with van der Waals surface area (Å²) in [5.41, 5.74) is 3.04. The van der Waals surface area contributed by atoms with Gasteiger partial charge >= 0.3 is 6.03 Å². The molecule has 2 heterocycles. The van der Waals surface area contributed by atoms with Crippen molar-refractivity contribution in [3.63, 3.8) is 0 Å². The van der Waals surface area contributed by atoms with Gasteiger partial charge in [-0.05, 0) is 60.9 Å². The molecule has 33 heavy (non-hydrogen) atoms. The number of amides is 2. The third-order valence-corrected chi connectivity index (χ3v) is 6.53. The van der Waals surface area contributed by atoms with Gasteiger partial charge in [-0.1, -0.05) is 30.7 Å². The van der Waals surface area contributed by atoms with Crippen LogP contribution in [0.25, 0.3) is 6.08 Å². The van der Waals surface area contributed by atoms with Gasteiger partial charge in [-0.3, -0.25) is 4.98 Å². The first-order valence-corrected chi connectivity index (χ1v) is 11.6. The molecule has 2 amide bonds. The third-order valence-electron chi connectivity index (χ3n) is 6.53. The Morgan fingerprint density at radius 2 is 2.09 bits per heavy atom. The van der Waals surface area contributed by atoms with Crippen molar-refractivity contribution in [2.75, 3.05) is 25.0 Å². The first kappa shape index (κ1) is 23.2. The van der Waals surface area contributed by atoms with E-state index in [4.69, 9.17) is 4.74 Å². The van der Waals surface area contributed by atoms with Gasteiger partial charge in [-0.25, -0.2) is 13.6 Å². The molecule has 1 atom stereocenters. The molecule has 1 aliphatic carbocycles. The van der Waals surface area contributed by atoms with Crippen LogP contribution >= 0.6 is 0 Å². The summed E-state index contributed by atoms with van der Waals surface area (Å²) < 4.78 is 32.6. The minimum absolute atomic E-state index is 0.0394. The van der Waals surface area contributed by atoms with E-state index in [0.717, 1.165) is 17.7 Å². The maximum absolute atomic E-state index is 13.3. The van der Waals surface area contributed by atoms with Crippen LogP contribution in [0.3, 0.4) is 0 Å². The van der Waals surface area contributed by atoms with E-state index in [1.54, 1.807) is 18.5 Å². The van der Waals surface area contributed by atoms with Crippen molar-refractivity contribution in [1.29, 1.82) is 0 Å². The first-order valence-electron chi connectivity index (χ1n) is 11.6. The lowest BCUT2D eigenvalue weighted by molar-refractivity contribution is -0.0498. The summed E-state index contributed by atoms with van der Waals surface area (Å²) in [6.07, 6.45) is 7.24. The molecule has 176 valence electrons. The van der Waals surface area contributed by atoms with Crippen molar-refractivity contribution in [2.45, 2.75) is 45.0 Å². The fourth-order valence-electron chi connectivity index (χ4n) is 4.48. The zero-order valence-electron chi connectivity index (χ0n) is 19.0. The Hall–Kier alpha value is -2.96. The molecule has 2 fully saturated rings. The van der Waals surface area contributed by atoms with E-state index in [9.17, 15) is 13.6 Å². The van der Waals surface area contributed by atoms with Crippen molar-refractivity contribution in [3.05, 3.63) is 59.9 Å². The predicted octanol–water partition coefficient (Wildman–Crippen LogP) is 6.24. The molecule has 1 unspecified atom stereocenters. The fourth-order valence-corrected chi connectivity index (χ4v) is 4.48. The number of hydrogen-bond donors (Lipinski definition) is 1. The molecular weight excluding hydrogens is 424 g/mol. The van der Waals surface area contributed by atoms with Crippen LogP contribution in [0.15, 0.2) is 54.4 Å². The lowest BCUT2D eigenvalue weighted by atomic mass is 9.87. The quantitative estimate of drug-likeness (QED) is 0.580. The van der Waals surface area contributed by atoms with Gasteiger partial charge in [-0.15, -0.1) is 0 Å². The highest BCUT2D eigenvalue weighted by Gasteiger charge is 2.35. The molecule has 5 nitrogen and oxygen atoms in total. The second-order valence-corrected chi connectivity index (χ2v) is 9.17. The lowest BCUT2D eigenvalue weighted by Crippen LogP contribution is -2.42. The standard InChI is InChI=1S/C26H31F2N3O2/c1-19-17-31(25(32)30-23-5-3-12-29-16-23)13-9-22(19)14-21-4-2-6-24(15-21)33-18-20-7-10-26(27,28)11-8-20/h2-6,12,14-16,19-20H,7-11,13,17-18H2,1H3,(H,30,32). The maximum Gasteiger partial charge on any atom is 0.321 e. The number of carbonyl (C=O) groups excluding carboxylic acids is 1. The molecule has 7 heteroatoms. The lowest BCUT2D eigenvalue weighted by Gasteiger charge is -2.33. The van der Waals surface area contributed by atoms with Gasteiger partial charge in [0, 0.05) is 32.1 Å². The van der Waals surface area contributed by atoms with E-state index in [0.29, 0.717) is 38.2 Å². The number of likely N-dealkylation sites (tertiary alicyclic amines) is 1. The van der Waals surface area contributed by atoms with Gasteiger partial charge in [-0.2, -0.15) is 0 Å². The highest BCUT2D eigenvalue weighted by molar-refractivity contribution is 5.89. The minimum atomic E-state index is -2.51.